The van der Waals surface area contributed by atoms with Gasteiger partial charge in [0.15, 0.2) is 0 Å². The van der Waals surface area contributed by atoms with Crippen LogP contribution in [0.2, 0.25) is 0 Å². The Bertz CT molecular complexity index is 2520. The van der Waals surface area contributed by atoms with Crippen molar-refractivity contribution in [1.82, 2.24) is 9.29 Å². The topological polar surface area (TPSA) is 96.7 Å². The molecule has 1 unspecified atom stereocenters. The molecule has 1 fully saturated rings. The van der Waals surface area contributed by atoms with E-state index >= 15 is 0 Å². The van der Waals surface area contributed by atoms with Crippen molar-refractivity contribution in [3.05, 3.63) is 166 Å². The number of pyridine rings is 1. The fourth-order valence-corrected chi connectivity index (χ4v) is 9.36. The Kier molecular flexibility index (Phi) is 9.37. The van der Waals surface area contributed by atoms with Gasteiger partial charge in [-0.05, 0) is 106 Å². The molecule has 0 N–H and O–H groups in total. The maximum Gasteiger partial charge on any atom is 0.273 e. The van der Waals surface area contributed by atoms with Gasteiger partial charge in [0.25, 0.3) is 5.69 Å². The third-order valence-electron chi connectivity index (χ3n) is 10.8. The first kappa shape index (κ1) is 34.4. The lowest BCUT2D eigenvalue weighted by atomic mass is 9.77. The summed E-state index contributed by atoms with van der Waals surface area (Å²) >= 11 is 0. The highest BCUT2D eigenvalue weighted by atomic mass is 32.2. The maximum atomic E-state index is 13.2. The van der Waals surface area contributed by atoms with Crippen LogP contribution in [-0.4, -0.2) is 48.8 Å². The number of hydrogen-bond donors (Lipinski definition) is 0. The molecule has 2 aliphatic rings. The number of nitro groups is 1. The van der Waals surface area contributed by atoms with E-state index in [1.807, 2.05) is 55.7 Å². The first-order chi connectivity index (χ1) is 25.8. The van der Waals surface area contributed by atoms with Crippen molar-refractivity contribution in [2.24, 2.45) is 0 Å². The van der Waals surface area contributed by atoms with Crippen molar-refractivity contribution in [3.8, 4) is 0 Å². The van der Waals surface area contributed by atoms with E-state index in [1.54, 1.807) is 24.3 Å². The molecule has 1 aromatic heterocycles. The number of anilines is 1. The van der Waals surface area contributed by atoms with E-state index in [9.17, 15) is 18.5 Å². The summed E-state index contributed by atoms with van der Waals surface area (Å²) in [5, 5.41) is 19.6. The number of aryl methyl sites for hydroxylation is 2. The molecule has 7 aromatic rings. The predicted molar refractivity (Wildman–Crippen MR) is 213 cm³/mol. The van der Waals surface area contributed by atoms with Gasteiger partial charge in [0.1, 0.15) is 0 Å². The molecule has 53 heavy (non-hydrogen) atoms. The third-order valence-corrected chi connectivity index (χ3v) is 12.7. The maximum absolute atomic E-state index is 13.2. The summed E-state index contributed by atoms with van der Waals surface area (Å²) in [4.78, 5) is 18.3. The van der Waals surface area contributed by atoms with Gasteiger partial charge in [-0.25, -0.2) is 8.42 Å². The van der Waals surface area contributed by atoms with Gasteiger partial charge < -0.3 is 4.90 Å². The van der Waals surface area contributed by atoms with Crippen molar-refractivity contribution < 1.29 is 13.3 Å². The van der Waals surface area contributed by atoms with Gasteiger partial charge in [0.05, 0.1) is 9.82 Å². The fourth-order valence-electron chi connectivity index (χ4n) is 7.94. The molecule has 0 spiro atoms. The Labute approximate surface area is 309 Å². The van der Waals surface area contributed by atoms with Gasteiger partial charge in [0.2, 0.25) is 10.0 Å². The van der Waals surface area contributed by atoms with Crippen molar-refractivity contribution in [2.45, 2.75) is 37.0 Å². The molecule has 9 heteroatoms. The molecule has 9 rings (SSSR count). The summed E-state index contributed by atoms with van der Waals surface area (Å²) in [6, 6.07) is 39.8. The zero-order valence-corrected chi connectivity index (χ0v) is 30.4. The lowest BCUT2D eigenvalue weighted by Crippen LogP contribution is -2.48. The lowest BCUT2D eigenvalue weighted by Gasteiger charge is -2.36. The van der Waals surface area contributed by atoms with Crippen LogP contribution in [0.1, 0.15) is 34.6 Å². The molecule has 0 bridgehead atoms. The number of benzene rings is 6. The molecule has 1 atom stereocenters. The van der Waals surface area contributed by atoms with Crippen LogP contribution >= 0.6 is 0 Å². The summed E-state index contributed by atoms with van der Waals surface area (Å²) in [6.45, 7) is 3.71. The number of sulfonamides is 1. The van der Waals surface area contributed by atoms with E-state index in [4.69, 9.17) is 0 Å². The van der Waals surface area contributed by atoms with E-state index in [0.29, 0.717) is 31.1 Å². The van der Waals surface area contributed by atoms with E-state index in [2.05, 4.69) is 70.5 Å². The number of rotatable bonds is 5. The number of piperazine rings is 1. The molecule has 266 valence electrons. The minimum atomic E-state index is -3.57. The summed E-state index contributed by atoms with van der Waals surface area (Å²) in [7, 11) is -3.57. The second-order valence-electron chi connectivity index (χ2n) is 14.0. The van der Waals surface area contributed by atoms with Gasteiger partial charge in [0, 0.05) is 55.9 Å². The normalized spacial score (nSPS) is 16.2. The number of hydrogen-bond acceptors (Lipinski definition) is 6. The van der Waals surface area contributed by atoms with E-state index in [1.165, 1.54) is 47.7 Å². The highest BCUT2D eigenvalue weighted by Crippen LogP contribution is 2.42. The Balaban J connectivity index is 0.000000344. The quantitative estimate of drug-likeness (QED) is 0.1000. The zero-order chi connectivity index (χ0) is 36.5. The first-order valence-electron chi connectivity index (χ1n) is 18.1. The largest absolute Gasteiger partial charge is 0.369 e. The highest BCUT2D eigenvalue weighted by Gasteiger charge is 2.31. The van der Waals surface area contributed by atoms with Crippen molar-refractivity contribution in [2.75, 3.05) is 31.1 Å². The minimum absolute atomic E-state index is 0.0361. The molecular formula is C44H40N4O4S. The summed E-state index contributed by atoms with van der Waals surface area (Å²) in [5.41, 5.74) is 5.45. The zero-order valence-electron chi connectivity index (χ0n) is 29.6. The fraction of sp³-hybridized carbons (Fsp3) is 0.205. The van der Waals surface area contributed by atoms with Crippen molar-refractivity contribution >= 4 is 53.7 Å². The van der Waals surface area contributed by atoms with E-state index in [-0.39, 0.29) is 16.5 Å². The van der Waals surface area contributed by atoms with Crippen LogP contribution in [0.15, 0.2) is 139 Å². The van der Waals surface area contributed by atoms with Crippen LogP contribution in [0.25, 0.3) is 32.3 Å². The molecule has 1 aliphatic carbocycles. The average molecular weight is 721 g/mol. The van der Waals surface area contributed by atoms with Crippen LogP contribution < -0.4 is 4.90 Å². The molecule has 0 radical (unpaired) electrons. The van der Waals surface area contributed by atoms with E-state index < -0.39 is 10.0 Å². The number of nitro benzene ring substituents is 1. The minimum Gasteiger partial charge on any atom is -0.369 e. The monoisotopic (exact) mass is 720 g/mol. The molecule has 0 saturated carbocycles. The van der Waals surface area contributed by atoms with E-state index in [0.717, 1.165) is 36.1 Å². The van der Waals surface area contributed by atoms with Gasteiger partial charge in [-0.1, -0.05) is 90.5 Å². The third kappa shape index (κ3) is 6.86. The van der Waals surface area contributed by atoms with Crippen molar-refractivity contribution in [1.29, 1.82) is 0 Å². The van der Waals surface area contributed by atoms with Gasteiger partial charge >= 0.3 is 0 Å². The Hall–Kier alpha value is -5.64. The smallest absolute Gasteiger partial charge is 0.273 e. The molecule has 8 nitrogen and oxygen atoms in total. The van der Waals surface area contributed by atoms with Gasteiger partial charge in [-0.15, -0.1) is 0 Å². The highest BCUT2D eigenvalue weighted by molar-refractivity contribution is 7.89. The second kappa shape index (κ2) is 14.4. The molecule has 6 aromatic carbocycles. The number of aromatic nitrogens is 1. The van der Waals surface area contributed by atoms with Gasteiger partial charge in [-0.3, -0.25) is 15.1 Å². The first-order valence-corrected chi connectivity index (χ1v) is 19.5. The average Bonchev–Trinajstić information content (AvgIpc) is 3.20. The van der Waals surface area contributed by atoms with Crippen LogP contribution in [0.5, 0.6) is 0 Å². The standard InChI is InChI=1S/C35H33N3O4S.C9H7N/c1-24-6-12-29(13-7-24)43(41,42)37-20-18-36(19-21-37)28-11-17-35(38(39)40)34(23-28)27-9-14-31-26(22-27)10-16-32-30-5-3-2-4-25(30)8-15-33(31)32;1-2-4-9-7-10-6-5-8(9)3-1/h2-8,10-13,15-17,23,27H,9,14,18-22H2,1H3;1-7H. The Morgan fingerprint density at radius 2 is 1.45 bits per heavy atom. The Morgan fingerprint density at radius 1 is 0.736 bits per heavy atom. The lowest BCUT2D eigenvalue weighted by molar-refractivity contribution is -0.385. The second-order valence-corrected chi connectivity index (χ2v) is 15.9. The summed E-state index contributed by atoms with van der Waals surface area (Å²) < 4.78 is 27.9. The van der Waals surface area contributed by atoms with Crippen LogP contribution in [-0.2, 0) is 22.9 Å². The molecule has 1 aliphatic heterocycles. The van der Waals surface area contributed by atoms with Crippen LogP contribution in [0.4, 0.5) is 11.4 Å². The summed E-state index contributed by atoms with van der Waals surface area (Å²) in [6.07, 6.45) is 6.14. The Morgan fingerprint density at radius 3 is 2.21 bits per heavy atom. The van der Waals surface area contributed by atoms with Gasteiger partial charge in [-0.2, -0.15) is 4.31 Å². The van der Waals surface area contributed by atoms with Crippen LogP contribution in [0, 0.1) is 17.0 Å². The predicted octanol–water partition coefficient (Wildman–Crippen LogP) is 9.23. The number of fused-ring (bicyclic) bond motifs is 6. The summed E-state index contributed by atoms with van der Waals surface area (Å²) in [5.74, 6) is 0.0361. The molecular weight excluding hydrogens is 681 g/mol. The number of nitrogens with zero attached hydrogens (tertiary/aromatic N) is 4. The molecule has 2 heterocycles. The SMILES string of the molecule is Cc1ccc(S(=O)(=O)N2CCN(c3ccc([N+](=O)[O-])c(C4CCc5c(ccc6c5ccc5ccccc56)C4)c3)CC2)cc1.c1ccc2cnccc2c1. The van der Waals surface area contributed by atoms with Crippen LogP contribution in [0.3, 0.4) is 0 Å². The molecule has 0 amide bonds. The molecule has 1 saturated heterocycles. The van der Waals surface area contributed by atoms with Crippen molar-refractivity contribution in [3.63, 3.8) is 0 Å².